The van der Waals surface area contributed by atoms with Crippen LogP contribution < -0.4 is 0 Å². The highest BCUT2D eigenvalue weighted by Crippen LogP contribution is 2.76. The van der Waals surface area contributed by atoms with E-state index in [1.165, 1.54) is 5.57 Å². The van der Waals surface area contributed by atoms with Crippen LogP contribution in [0.4, 0.5) is 0 Å². The molecule has 0 radical (unpaired) electrons. The standard InChI is InChI=1S/C41H70O13/c1-21(2)9-8-13-40(7,50)22-10-14-39(6)29(22)23(44)17-27-38(39,5)15-11-26-37(3,4)28(12-16-41(26,27)20-43)53-36-34(30(46)24(45)19-51-36)54-35-33(49)32(48)31(47)25(18-42)52-35/h9,22-36,42-50H,8,10-20H2,1-7H3/t22-,23+,24-,25+,26+,27-,28+,29-,30-,31+,32-,33+,34+,35-,36+,38+,39+,40-,41-/m0/s1. The number of ether oxygens (including phenoxy) is 4. The molecule has 0 aromatic carbocycles. The molecule has 4 saturated carbocycles. The van der Waals surface area contributed by atoms with Gasteiger partial charge in [-0.3, -0.25) is 0 Å². The lowest BCUT2D eigenvalue weighted by Gasteiger charge is -2.71. The lowest BCUT2D eigenvalue weighted by Crippen LogP contribution is -2.68. The Bertz CT molecular complexity index is 1340. The predicted octanol–water partition coefficient (Wildman–Crippen LogP) is 1.76. The summed E-state index contributed by atoms with van der Waals surface area (Å²) in [7, 11) is 0. The topological polar surface area (TPSA) is 219 Å². The summed E-state index contributed by atoms with van der Waals surface area (Å²) in [6.07, 6.45) is -5.40. The fourth-order valence-corrected chi connectivity index (χ4v) is 13.0. The minimum atomic E-state index is -1.72. The van der Waals surface area contributed by atoms with E-state index >= 15 is 0 Å². The van der Waals surface area contributed by atoms with Crippen LogP contribution in [0, 0.1) is 45.3 Å². The average Bonchev–Trinajstić information content (AvgIpc) is 3.50. The Morgan fingerprint density at radius 2 is 1.48 bits per heavy atom. The van der Waals surface area contributed by atoms with Crippen molar-refractivity contribution in [1.82, 2.24) is 0 Å². The largest absolute Gasteiger partial charge is 0.396 e. The molecule has 2 heterocycles. The van der Waals surface area contributed by atoms with Gasteiger partial charge in [0.2, 0.25) is 0 Å². The Kier molecular flexibility index (Phi) is 12.2. The van der Waals surface area contributed by atoms with Crippen molar-refractivity contribution >= 4 is 0 Å². The van der Waals surface area contributed by atoms with Crippen LogP contribution >= 0.6 is 0 Å². The maximum Gasteiger partial charge on any atom is 0.187 e. The van der Waals surface area contributed by atoms with Gasteiger partial charge in [-0.05, 0) is 118 Å². The number of rotatable bonds is 10. The van der Waals surface area contributed by atoms with Crippen LogP contribution in [0.2, 0.25) is 0 Å². The normalized spacial score (nSPS) is 51.4. The molecule has 6 aliphatic rings. The number of hydrogen-bond acceptors (Lipinski definition) is 13. The minimum Gasteiger partial charge on any atom is -0.396 e. The molecular weight excluding hydrogens is 700 g/mol. The Hall–Kier alpha value is -0.780. The van der Waals surface area contributed by atoms with Crippen LogP contribution in [0.15, 0.2) is 11.6 Å². The Morgan fingerprint density at radius 3 is 2.13 bits per heavy atom. The van der Waals surface area contributed by atoms with Gasteiger partial charge in [0, 0.05) is 12.0 Å². The fourth-order valence-electron chi connectivity index (χ4n) is 13.0. The highest BCUT2D eigenvalue weighted by Gasteiger charge is 2.72. The van der Waals surface area contributed by atoms with Crippen molar-refractivity contribution in [3.8, 4) is 0 Å². The molecule has 0 bridgehead atoms. The van der Waals surface area contributed by atoms with Crippen molar-refractivity contribution in [3.05, 3.63) is 11.6 Å². The minimum absolute atomic E-state index is 0.00692. The zero-order chi connectivity index (χ0) is 39.8. The number of aliphatic hydroxyl groups excluding tert-OH is 8. The first-order chi connectivity index (χ1) is 25.2. The maximum absolute atomic E-state index is 12.2. The summed E-state index contributed by atoms with van der Waals surface area (Å²) in [6.45, 7) is 14.1. The van der Waals surface area contributed by atoms with E-state index in [4.69, 9.17) is 18.9 Å². The summed E-state index contributed by atoms with van der Waals surface area (Å²) in [6, 6.07) is 0. The molecule has 19 atom stereocenters. The van der Waals surface area contributed by atoms with Gasteiger partial charge in [0.05, 0.1) is 31.0 Å². The van der Waals surface area contributed by atoms with E-state index < -0.39 is 90.6 Å². The smallest absolute Gasteiger partial charge is 0.187 e. The van der Waals surface area contributed by atoms with Gasteiger partial charge in [0.15, 0.2) is 12.6 Å². The first kappa shape index (κ1) is 42.8. The summed E-state index contributed by atoms with van der Waals surface area (Å²) in [5.41, 5.74) is -1.10. The molecule has 0 amide bonds. The summed E-state index contributed by atoms with van der Waals surface area (Å²) in [5.74, 6) is -0.0322. The van der Waals surface area contributed by atoms with Gasteiger partial charge in [-0.25, -0.2) is 0 Å². The van der Waals surface area contributed by atoms with Crippen LogP contribution in [0.1, 0.15) is 106 Å². The molecule has 6 rings (SSSR count). The van der Waals surface area contributed by atoms with Crippen molar-refractivity contribution in [2.24, 2.45) is 45.3 Å². The summed E-state index contributed by atoms with van der Waals surface area (Å²) in [4.78, 5) is 0. The molecule has 2 saturated heterocycles. The van der Waals surface area contributed by atoms with Crippen molar-refractivity contribution in [2.45, 2.75) is 179 Å². The predicted molar refractivity (Wildman–Crippen MR) is 196 cm³/mol. The molecule has 0 unspecified atom stereocenters. The zero-order valence-electron chi connectivity index (χ0n) is 33.4. The second kappa shape index (κ2) is 15.4. The lowest BCUT2D eigenvalue weighted by molar-refractivity contribution is -0.368. The molecule has 6 fully saturated rings. The van der Waals surface area contributed by atoms with Gasteiger partial charge in [0.25, 0.3) is 0 Å². The number of hydrogen-bond donors (Lipinski definition) is 9. The van der Waals surface area contributed by atoms with Gasteiger partial charge in [-0.2, -0.15) is 0 Å². The first-order valence-electron chi connectivity index (χ1n) is 20.4. The fraction of sp³-hybridized carbons (Fsp3) is 0.951. The van der Waals surface area contributed by atoms with Crippen LogP contribution in [0.5, 0.6) is 0 Å². The molecule has 13 heteroatoms. The average molecular weight is 771 g/mol. The van der Waals surface area contributed by atoms with Gasteiger partial charge < -0.3 is 64.9 Å². The van der Waals surface area contributed by atoms with Crippen LogP contribution in [0.3, 0.4) is 0 Å². The third kappa shape index (κ3) is 6.86. The lowest BCUT2D eigenvalue weighted by atomic mass is 9.34. The Morgan fingerprint density at radius 1 is 0.796 bits per heavy atom. The highest BCUT2D eigenvalue weighted by atomic mass is 16.8. The van der Waals surface area contributed by atoms with Gasteiger partial charge in [-0.15, -0.1) is 0 Å². The second-order valence-corrected chi connectivity index (χ2v) is 19.6. The Labute approximate surface area is 320 Å². The van der Waals surface area contributed by atoms with E-state index in [-0.39, 0.29) is 47.7 Å². The molecule has 9 N–H and O–H groups in total. The van der Waals surface area contributed by atoms with E-state index in [1.54, 1.807) is 0 Å². The van der Waals surface area contributed by atoms with E-state index in [2.05, 4.69) is 47.6 Å². The monoisotopic (exact) mass is 770 g/mol. The molecule has 54 heavy (non-hydrogen) atoms. The molecular formula is C41H70O13. The Balaban J connectivity index is 1.22. The third-order valence-electron chi connectivity index (χ3n) is 16.2. The van der Waals surface area contributed by atoms with E-state index in [0.29, 0.717) is 25.7 Å². The molecule has 0 aromatic heterocycles. The van der Waals surface area contributed by atoms with Crippen molar-refractivity contribution in [3.63, 3.8) is 0 Å². The molecule has 4 aliphatic carbocycles. The third-order valence-corrected chi connectivity index (χ3v) is 16.2. The van der Waals surface area contributed by atoms with Crippen LogP contribution in [0.25, 0.3) is 0 Å². The first-order valence-corrected chi connectivity index (χ1v) is 20.4. The van der Waals surface area contributed by atoms with Gasteiger partial charge in [-0.1, -0.05) is 39.3 Å². The highest BCUT2D eigenvalue weighted by molar-refractivity contribution is 5.21. The molecule has 0 aromatic rings. The molecule has 0 spiro atoms. The van der Waals surface area contributed by atoms with Crippen LogP contribution in [-0.2, 0) is 18.9 Å². The number of aliphatic hydroxyl groups is 9. The van der Waals surface area contributed by atoms with Crippen LogP contribution in [-0.4, -0.2) is 139 Å². The molecule has 13 nitrogen and oxygen atoms in total. The quantitative estimate of drug-likeness (QED) is 0.114. The van der Waals surface area contributed by atoms with Crippen molar-refractivity contribution < 1.29 is 64.9 Å². The van der Waals surface area contributed by atoms with Gasteiger partial charge in [0.1, 0.15) is 42.7 Å². The van der Waals surface area contributed by atoms with Crippen molar-refractivity contribution in [2.75, 3.05) is 19.8 Å². The summed E-state index contributed by atoms with van der Waals surface area (Å²) < 4.78 is 24.1. The number of fused-ring (bicyclic) bond motifs is 5. The maximum atomic E-state index is 12.2. The van der Waals surface area contributed by atoms with Crippen molar-refractivity contribution in [1.29, 1.82) is 0 Å². The number of allylic oxidation sites excluding steroid dienone is 2. The summed E-state index contributed by atoms with van der Waals surface area (Å²) >= 11 is 0. The summed E-state index contributed by atoms with van der Waals surface area (Å²) in [5, 5.41) is 98.2. The van der Waals surface area contributed by atoms with E-state index in [1.807, 2.05) is 6.92 Å². The van der Waals surface area contributed by atoms with Gasteiger partial charge >= 0.3 is 0 Å². The SMILES string of the molecule is CC(C)=CCC[C@](C)(O)[C@H]1CC[C@]2(C)[C@@H]1[C@H](O)C[C@@H]1[C@]3(CO)CC[C@@H](O[C@H]4OC[C@H](O)[C@H](O)[C@H]4O[C@@H]4O[C@H](CO)[C@@H](O)[C@H](O)[C@H]4O)C(C)(C)[C@H]3CC[C@]12C. The zero-order valence-corrected chi connectivity index (χ0v) is 33.4. The van der Waals surface area contributed by atoms with E-state index in [0.717, 1.165) is 32.1 Å². The molecule has 2 aliphatic heterocycles. The second-order valence-electron chi connectivity index (χ2n) is 19.6. The molecule has 312 valence electrons. The van der Waals surface area contributed by atoms with E-state index in [9.17, 15) is 46.0 Å².